The first kappa shape index (κ1) is 15.9. The molecule has 0 bridgehead atoms. The molecule has 0 aliphatic rings. The van der Waals surface area contributed by atoms with Crippen molar-refractivity contribution in [1.29, 1.82) is 0 Å². The molecule has 0 saturated carbocycles. The van der Waals surface area contributed by atoms with Gasteiger partial charge < -0.3 is 10.6 Å². The normalized spacial score (nSPS) is 10.4. The van der Waals surface area contributed by atoms with Gasteiger partial charge in [-0.1, -0.05) is 5.21 Å². The van der Waals surface area contributed by atoms with Gasteiger partial charge in [-0.15, -0.1) is 16.4 Å². The Bertz CT molecular complexity index is 840. The molecule has 0 saturated heterocycles. The number of carbonyl (C=O) groups is 2. The third kappa shape index (κ3) is 3.85. The van der Waals surface area contributed by atoms with E-state index in [1.807, 2.05) is 17.5 Å². The van der Waals surface area contributed by atoms with E-state index in [9.17, 15) is 9.59 Å². The third-order valence-electron chi connectivity index (χ3n) is 3.17. The van der Waals surface area contributed by atoms with E-state index < -0.39 is 0 Å². The summed E-state index contributed by atoms with van der Waals surface area (Å²) in [5.74, 6) is -0.365. The summed E-state index contributed by atoms with van der Waals surface area (Å²) >= 11 is 1.56. The molecule has 7 nitrogen and oxygen atoms in total. The molecule has 2 aromatic heterocycles. The highest BCUT2D eigenvalue weighted by Gasteiger charge is 2.08. The summed E-state index contributed by atoms with van der Waals surface area (Å²) in [4.78, 5) is 23.1. The van der Waals surface area contributed by atoms with Crippen molar-refractivity contribution in [1.82, 2.24) is 20.3 Å². The van der Waals surface area contributed by atoms with Gasteiger partial charge in [0.25, 0.3) is 5.91 Å². The Morgan fingerprint density at radius 2 is 2.00 bits per heavy atom. The van der Waals surface area contributed by atoms with Crippen LogP contribution in [0.4, 0.5) is 5.69 Å². The number of nitrogens with zero attached hydrogens (tertiary/aromatic N) is 3. The fraction of sp³-hybridized carbons (Fsp3) is 0.125. The predicted octanol–water partition coefficient (Wildman–Crippen LogP) is 2.22. The van der Waals surface area contributed by atoms with Crippen LogP contribution in [0.5, 0.6) is 0 Å². The van der Waals surface area contributed by atoms with Crippen molar-refractivity contribution >= 4 is 28.8 Å². The Hall–Kier alpha value is -3.00. The SMILES string of the molecule is CC(=O)Nc1ccc(C(=O)NCc2cn(-c3cccs3)nn2)cc1. The Kier molecular flexibility index (Phi) is 4.66. The quantitative estimate of drug-likeness (QED) is 0.745. The number of thiophene rings is 1. The van der Waals surface area contributed by atoms with Crippen molar-refractivity contribution in [2.24, 2.45) is 0 Å². The maximum Gasteiger partial charge on any atom is 0.251 e. The van der Waals surface area contributed by atoms with Gasteiger partial charge in [0, 0.05) is 18.2 Å². The van der Waals surface area contributed by atoms with Crippen LogP contribution in [0.15, 0.2) is 48.0 Å². The first-order valence-electron chi connectivity index (χ1n) is 7.23. The number of anilines is 1. The number of hydrogen-bond donors (Lipinski definition) is 2. The van der Waals surface area contributed by atoms with Crippen LogP contribution in [0.3, 0.4) is 0 Å². The second-order valence-corrected chi connectivity index (χ2v) is 5.97. The standard InChI is InChI=1S/C16H15N5O2S/c1-11(22)18-13-6-4-12(5-7-13)16(23)17-9-14-10-21(20-19-14)15-3-2-8-24-15/h2-8,10H,9H2,1H3,(H,17,23)(H,18,22). The first-order valence-corrected chi connectivity index (χ1v) is 8.11. The molecular formula is C16H15N5O2S. The Labute approximate surface area is 142 Å². The maximum absolute atomic E-state index is 12.1. The second-order valence-electron chi connectivity index (χ2n) is 5.05. The molecule has 2 heterocycles. The summed E-state index contributed by atoms with van der Waals surface area (Å²) in [7, 11) is 0. The minimum absolute atomic E-state index is 0.152. The fourth-order valence-corrected chi connectivity index (χ4v) is 2.72. The third-order valence-corrected chi connectivity index (χ3v) is 4.03. The van der Waals surface area contributed by atoms with E-state index in [1.165, 1.54) is 6.92 Å². The number of aromatic nitrogens is 3. The number of rotatable bonds is 5. The molecule has 122 valence electrons. The van der Waals surface area contributed by atoms with Gasteiger partial charge in [0.05, 0.1) is 12.7 Å². The van der Waals surface area contributed by atoms with E-state index in [0.29, 0.717) is 16.9 Å². The molecule has 0 spiro atoms. The predicted molar refractivity (Wildman–Crippen MR) is 91.2 cm³/mol. The molecule has 0 aliphatic heterocycles. The van der Waals surface area contributed by atoms with E-state index in [4.69, 9.17) is 0 Å². The van der Waals surface area contributed by atoms with Gasteiger partial charge in [-0.25, -0.2) is 4.68 Å². The van der Waals surface area contributed by atoms with Gasteiger partial charge in [0.15, 0.2) is 0 Å². The van der Waals surface area contributed by atoms with Crippen molar-refractivity contribution in [3.63, 3.8) is 0 Å². The lowest BCUT2D eigenvalue weighted by atomic mass is 10.2. The molecule has 0 aliphatic carbocycles. The minimum atomic E-state index is -0.213. The summed E-state index contributed by atoms with van der Waals surface area (Å²) < 4.78 is 1.67. The van der Waals surface area contributed by atoms with Crippen molar-refractivity contribution < 1.29 is 9.59 Å². The summed E-state index contributed by atoms with van der Waals surface area (Å²) in [6, 6.07) is 10.6. The largest absolute Gasteiger partial charge is 0.346 e. The summed E-state index contributed by atoms with van der Waals surface area (Å²) in [5, 5.41) is 16.5. The van der Waals surface area contributed by atoms with Gasteiger partial charge in [-0.05, 0) is 41.8 Å². The topological polar surface area (TPSA) is 88.9 Å². The molecule has 8 heteroatoms. The van der Waals surface area contributed by atoms with Crippen LogP contribution in [0.1, 0.15) is 23.0 Å². The summed E-state index contributed by atoms with van der Waals surface area (Å²) in [6.45, 7) is 1.72. The molecule has 1 aromatic carbocycles. The van der Waals surface area contributed by atoms with Crippen LogP contribution in [-0.2, 0) is 11.3 Å². The zero-order chi connectivity index (χ0) is 16.9. The maximum atomic E-state index is 12.1. The van der Waals surface area contributed by atoms with E-state index >= 15 is 0 Å². The van der Waals surface area contributed by atoms with Crippen LogP contribution in [0.25, 0.3) is 5.00 Å². The molecule has 24 heavy (non-hydrogen) atoms. The molecule has 0 radical (unpaired) electrons. The van der Waals surface area contributed by atoms with Crippen molar-refractivity contribution in [2.75, 3.05) is 5.32 Å². The molecule has 3 rings (SSSR count). The fourth-order valence-electron chi connectivity index (χ4n) is 2.07. The first-order chi connectivity index (χ1) is 11.6. The zero-order valence-corrected chi connectivity index (χ0v) is 13.7. The van der Waals surface area contributed by atoms with E-state index in [2.05, 4.69) is 20.9 Å². The Balaban J connectivity index is 1.58. The van der Waals surface area contributed by atoms with Crippen molar-refractivity contribution in [3.8, 4) is 5.00 Å². The van der Waals surface area contributed by atoms with Crippen molar-refractivity contribution in [2.45, 2.75) is 13.5 Å². The number of carbonyl (C=O) groups excluding carboxylic acids is 2. The van der Waals surface area contributed by atoms with Gasteiger partial charge in [-0.3, -0.25) is 9.59 Å². The van der Waals surface area contributed by atoms with E-state index in [0.717, 1.165) is 5.00 Å². The van der Waals surface area contributed by atoms with Gasteiger partial charge in [0.2, 0.25) is 5.91 Å². The molecule has 3 aromatic rings. The van der Waals surface area contributed by atoms with E-state index in [1.54, 1.807) is 46.5 Å². The van der Waals surface area contributed by atoms with Crippen LogP contribution in [-0.4, -0.2) is 26.8 Å². The van der Waals surface area contributed by atoms with Crippen molar-refractivity contribution in [3.05, 3.63) is 59.2 Å². The summed E-state index contributed by atoms with van der Waals surface area (Å²) in [5.41, 5.74) is 1.83. The molecule has 2 amide bonds. The highest BCUT2D eigenvalue weighted by atomic mass is 32.1. The lowest BCUT2D eigenvalue weighted by Gasteiger charge is -2.05. The number of nitrogens with one attached hydrogen (secondary N) is 2. The zero-order valence-electron chi connectivity index (χ0n) is 12.9. The Morgan fingerprint density at radius 3 is 2.67 bits per heavy atom. The number of amides is 2. The molecular weight excluding hydrogens is 326 g/mol. The highest BCUT2D eigenvalue weighted by Crippen LogP contribution is 2.13. The van der Waals surface area contributed by atoms with E-state index in [-0.39, 0.29) is 18.4 Å². The van der Waals surface area contributed by atoms with Gasteiger partial charge in [-0.2, -0.15) is 0 Å². The van der Waals surface area contributed by atoms with Gasteiger partial charge >= 0.3 is 0 Å². The molecule has 0 unspecified atom stereocenters. The van der Waals surface area contributed by atoms with Crippen LogP contribution < -0.4 is 10.6 Å². The number of benzene rings is 1. The lowest BCUT2D eigenvalue weighted by molar-refractivity contribution is -0.114. The summed E-state index contributed by atoms with van der Waals surface area (Å²) in [6.07, 6.45) is 1.78. The highest BCUT2D eigenvalue weighted by molar-refractivity contribution is 7.12. The van der Waals surface area contributed by atoms with Crippen LogP contribution >= 0.6 is 11.3 Å². The average molecular weight is 341 g/mol. The molecule has 2 N–H and O–H groups in total. The molecule has 0 fully saturated rings. The van der Waals surface area contributed by atoms with Crippen LogP contribution in [0, 0.1) is 0 Å². The smallest absolute Gasteiger partial charge is 0.251 e. The minimum Gasteiger partial charge on any atom is -0.346 e. The average Bonchev–Trinajstić information content (AvgIpc) is 3.24. The molecule has 0 atom stereocenters. The lowest BCUT2D eigenvalue weighted by Crippen LogP contribution is -2.23. The number of hydrogen-bond acceptors (Lipinski definition) is 5. The van der Waals surface area contributed by atoms with Crippen LogP contribution in [0.2, 0.25) is 0 Å². The van der Waals surface area contributed by atoms with Gasteiger partial charge in [0.1, 0.15) is 10.7 Å². The Morgan fingerprint density at radius 1 is 1.21 bits per heavy atom. The monoisotopic (exact) mass is 341 g/mol. The second kappa shape index (κ2) is 7.05.